The first-order chi connectivity index (χ1) is 13.0. The van der Waals surface area contributed by atoms with Gasteiger partial charge in [0.25, 0.3) is 0 Å². The molecule has 1 atom stereocenters. The summed E-state index contributed by atoms with van der Waals surface area (Å²) >= 11 is 1.68. The molecular weight excluding hydrogens is 402 g/mol. The first kappa shape index (κ1) is 22.1. The number of fused-ring (bicyclic) bond motifs is 1. The number of esters is 1. The number of rotatable bonds is 7. The van der Waals surface area contributed by atoms with Crippen molar-refractivity contribution in [3.63, 3.8) is 0 Å². The van der Waals surface area contributed by atoms with Gasteiger partial charge in [0.2, 0.25) is 5.75 Å². The summed E-state index contributed by atoms with van der Waals surface area (Å²) in [5.41, 5.74) is 1.02. The summed E-state index contributed by atoms with van der Waals surface area (Å²) in [7, 11) is 8.49. The van der Waals surface area contributed by atoms with Crippen molar-refractivity contribution in [3.8, 4) is 17.2 Å². The molecule has 1 aliphatic carbocycles. The molecule has 0 aliphatic heterocycles. The van der Waals surface area contributed by atoms with Gasteiger partial charge in [0.05, 0.1) is 26.9 Å². The molecule has 2 aromatic rings. The molecule has 0 N–H and O–H groups in total. The van der Waals surface area contributed by atoms with E-state index in [2.05, 4.69) is 23.1 Å². The van der Waals surface area contributed by atoms with Crippen LogP contribution >= 0.6 is 23.7 Å². The second kappa shape index (κ2) is 8.86. The maximum Gasteiger partial charge on any atom is 0.338 e. The van der Waals surface area contributed by atoms with Gasteiger partial charge in [-0.15, -0.1) is 23.7 Å². The van der Waals surface area contributed by atoms with Crippen molar-refractivity contribution >= 4 is 35.8 Å². The van der Waals surface area contributed by atoms with Crippen LogP contribution in [0.4, 0.5) is 0 Å². The summed E-state index contributed by atoms with van der Waals surface area (Å²) in [5, 5.41) is 2.05. The van der Waals surface area contributed by atoms with E-state index < -0.39 is 11.5 Å². The number of likely N-dealkylation sites (N-methyl/N-ethyl adjacent to an activating group) is 1. The lowest BCUT2D eigenvalue weighted by Crippen LogP contribution is -2.43. The first-order valence-corrected chi connectivity index (χ1v) is 9.26. The Labute approximate surface area is 175 Å². The van der Waals surface area contributed by atoms with Crippen LogP contribution in [0.2, 0.25) is 0 Å². The second-order valence-electron chi connectivity index (χ2n) is 6.34. The standard InChI is InChI=1S/C20H23NO5S.ClH/c1-21(2)20(8-6-17-14(20)7-9-27-17)12-26-19(22)13-10-15(23-3)18(25-5)16(11-13)24-4;/h6-11H,12H2,1-5H3;1H. The molecule has 6 nitrogen and oxygen atoms in total. The SMILES string of the molecule is COc1cc(C(=O)OCC2(N(C)C)C=Cc3sccc32)cc(OC)c1OC.Cl. The van der Waals surface area contributed by atoms with Crippen LogP contribution in [-0.4, -0.2) is 52.9 Å². The third-order valence-electron chi connectivity index (χ3n) is 4.79. The van der Waals surface area contributed by atoms with Crippen molar-refractivity contribution in [1.29, 1.82) is 0 Å². The van der Waals surface area contributed by atoms with Crippen molar-refractivity contribution in [2.24, 2.45) is 0 Å². The van der Waals surface area contributed by atoms with Crippen molar-refractivity contribution in [1.82, 2.24) is 4.90 Å². The fraction of sp³-hybridized carbons (Fsp3) is 0.350. The summed E-state index contributed by atoms with van der Waals surface area (Å²) in [6.45, 7) is 0.204. The highest BCUT2D eigenvalue weighted by Crippen LogP contribution is 2.41. The summed E-state index contributed by atoms with van der Waals surface area (Å²) < 4.78 is 21.6. The maximum atomic E-state index is 12.7. The van der Waals surface area contributed by atoms with E-state index >= 15 is 0 Å². The lowest BCUT2D eigenvalue weighted by Gasteiger charge is -2.34. The molecule has 1 aromatic heterocycles. The Morgan fingerprint density at radius 1 is 1.11 bits per heavy atom. The molecule has 0 saturated heterocycles. The number of carbonyl (C=O) groups excluding carboxylic acids is 1. The summed E-state index contributed by atoms with van der Waals surface area (Å²) in [6.07, 6.45) is 4.16. The van der Waals surface area contributed by atoms with Gasteiger partial charge in [-0.3, -0.25) is 4.90 Å². The summed E-state index contributed by atoms with van der Waals surface area (Å²) in [6, 6.07) is 5.26. The van der Waals surface area contributed by atoms with Crippen molar-refractivity contribution in [2.75, 3.05) is 42.0 Å². The highest BCUT2D eigenvalue weighted by molar-refractivity contribution is 7.11. The van der Waals surface area contributed by atoms with Gasteiger partial charge in [0.15, 0.2) is 11.5 Å². The molecule has 0 fully saturated rings. The molecular formula is C20H24ClNO5S. The molecule has 1 unspecified atom stereocenters. The van der Waals surface area contributed by atoms with Gasteiger partial charge in [0, 0.05) is 4.88 Å². The predicted molar refractivity (Wildman–Crippen MR) is 112 cm³/mol. The zero-order valence-corrected chi connectivity index (χ0v) is 18.1. The zero-order valence-electron chi connectivity index (χ0n) is 16.5. The predicted octanol–water partition coefficient (Wildman–Crippen LogP) is 3.84. The topological polar surface area (TPSA) is 57.2 Å². The van der Waals surface area contributed by atoms with Crippen LogP contribution in [0.1, 0.15) is 20.8 Å². The lowest BCUT2D eigenvalue weighted by atomic mass is 9.94. The average Bonchev–Trinajstić information content (AvgIpc) is 3.28. The van der Waals surface area contributed by atoms with Gasteiger partial charge < -0.3 is 18.9 Å². The smallest absolute Gasteiger partial charge is 0.338 e. The first-order valence-electron chi connectivity index (χ1n) is 8.38. The normalized spacial score (nSPS) is 17.1. The summed E-state index contributed by atoms with van der Waals surface area (Å²) in [4.78, 5) is 16.0. The summed E-state index contributed by atoms with van der Waals surface area (Å²) in [5.74, 6) is 0.800. The fourth-order valence-electron chi connectivity index (χ4n) is 3.21. The number of hydrogen-bond acceptors (Lipinski definition) is 7. The molecule has 0 bridgehead atoms. The molecule has 0 saturated carbocycles. The van der Waals surface area contributed by atoms with Crippen LogP contribution in [-0.2, 0) is 10.3 Å². The molecule has 3 rings (SSSR count). The van der Waals surface area contributed by atoms with Crippen molar-refractivity contribution < 1.29 is 23.7 Å². The Kier molecular flexibility index (Phi) is 6.98. The van der Waals surface area contributed by atoms with Crippen LogP contribution in [0.15, 0.2) is 29.7 Å². The van der Waals surface area contributed by atoms with Gasteiger partial charge in [0.1, 0.15) is 12.1 Å². The van der Waals surface area contributed by atoms with E-state index in [0.29, 0.717) is 22.8 Å². The Morgan fingerprint density at radius 3 is 2.29 bits per heavy atom. The highest BCUT2D eigenvalue weighted by atomic mass is 35.5. The average molecular weight is 426 g/mol. The fourth-order valence-corrected chi connectivity index (χ4v) is 4.08. The molecule has 0 spiro atoms. The van der Waals surface area contributed by atoms with Crippen LogP contribution in [0.25, 0.3) is 6.08 Å². The number of hydrogen-bond donors (Lipinski definition) is 0. The number of nitrogens with zero attached hydrogens (tertiary/aromatic N) is 1. The largest absolute Gasteiger partial charge is 0.493 e. The van der Waals surface area contributed by atoms with Gasteiger partial charge >= 0.3 is 5.97 Å². The van der Waals surface area contributed by atoms with Gasteiger partial charge in [-0.25, -0.2) is 4.79 Å². The van der Waals surface area contributed by atoms with Crippen molar-refractivity contribution in [2.45, 2.75) is 5.54 Å². The minimum atomic E-state index is -0.467. The van der Waals surface area contributed by atoms with Gasteiger partial charge in [-0.05, 0) is 49.3 Å². The van der Waals surface area contributed by atoms with Crippen LogP contribution < -0.4 is 14.2 Å². The van der Waals surface area contributed by atoms with E-state index in [1.807, 2.05) is 19.5 Å². The van der Waals surface area contributed by atoms with Gasteiger partial charge in [-0.2, -0.15) is 0 Å². The quantitative estimate of drug-likeness (QED) is 0.628. The van der Waals surface area contributed by atoms with E-state index in [1.165, 1.54) is 26.2 Å². The molecule has 0 radical (unpaired) electrons. The Bertz CT molecular complexity index is 854. The highest BCUT2D eigenvalue weighted by Gasteiger charge is 2.39. The van der Waals surface area contributed by atoms with E-state index in [0.717, 1.165) is 5.56 Å². The molecule has 8 heteroatoms. The van der Waals surface area contributed by atoms with E-state index in [1.54, 1.807) is 23.5 Å². The third-order valence-corrected chi connectivity index (χ3v) is 5.68. The molecule has 28 heavy (non-hydrogen) atoms. The van der Waals surface area contributed by atoms with Crippen molar-refractivity contribution in [3.05, 3.63) is 45.7 Å². The Balaban J connectivity index is 0.00000280. The molecule has 152 valence electrons. The van der Waals surface area contributed by atoms with E-state index in [9.17, 15) is 4.79 Å². The Hall–Kier alpha value is -2.22. The minimum absolute atomic E-state index is 0. The second-order valence-corrected chi connectivity index (χ2v) is 7.29. The number of thiophene rings is 1. The molecule has 1 heterocycles. The third kappa shape index (κ3) is 3.70. The monoisotopic (exact) mass is 425 g/mol. The number of halogens is 1. The number of ether oxygens (including phenoxy) is 4. The molecule has 1 aliphatic rings. The zero-order chi connectivity index (χ0) is 19.6. The minimum Gasteiger partial charge on any atom is -0.493 e. The lowest BCUT2D eigenvalue weighted by molar-refractivity contribution is 0.0278. The number of methoxy groups -OCH3 is 3. The molecule has 1 aromatic carbocycles. The molecule has 0 amide bonds. The van der Waals surface area contributed by atoms with Crippen LogP contribution in [0.3, 0.4) is 0 Å². The van der Waals surface area contributed by atoms with Crippen LogP contribution in [0.5, 0.6) is 17.2 Å². The van der Waals surface area contributed by atoms with Crippen LogP contribution in [0, 0.1) is 0 Å². The Morgan fingerprint density at radius 2 is 1.75 bits per heavy atom. The van der Waals surface area contributed by atoms with E-state index in [-0.39, 0.29) is 19.0 Å². The van der Waals surface area contributed by atoms with E-state index in [4.69, 9.17) is 18.9 Å². The number of benzene rings is 1. The van der Waals surface area contributed by atoms with Gasteiger partial charge in [-0.1, -0.05) is 6.08 Å². The maximum absolute atomic E-state index is 12.7. The number of carbonyl (C=O) groups is 1.